The highest BCUT2D eigenvalue weighted by Crippen LogP contribution is 2.37. The summed E-state index contributed by atoms with van der Waals surface area (Å²) in [5.41, 5.74) is -0.811. The summed E-state index contributed by atoms with van der Waals surface area (Å²) in [6, 6.07) is 6.12. The first kappa shape index (κ1) is 32.7. The number of carbonyl (C=O) groups is 2. The van der Waals surface area contributed by atoms with Crippen molar-refractivity contribution in [1.29, 1.82) is 0 Å². The lowest BCUT2D eigenvalue weighted by Gasteiger charge is -2.42. The van der Waals surface area contributed by atoms with E-state index in [9.17, 15) is 35.9 Å². The maximum atomic E-state index is 13.5. The van der Waals surface area contributed by atoms with Gasteiger partial charge in [-0.15, -0.1) is 12.4 Å². The SMILES string of the molecule is Cc1ccc(C[C@@H]2CN(CC(=O)N3CCOCC3)CCN2C(=O)c2cc(C(F)(F)F)cc(C(F)(F)F)c2)cc1C.Cl. The first-order chi connectivity index (χ1) is 18.7. The van der Waals surface area contributed by atoms with Crippen molar-refractivity contribution < 1.29 is 40.7 Å². The number of amides is 2. The lowest BCUT2D eigenvalue weighted by Crippen LogP contribution is -2.58. The predicted octanol–water partition coefficient (Wildman–Crippen LogP) is 4.99. The molecule has 0 unspecified atom stereocenters. The van der Waals surface area contributed by atoms with E-state index < -0.39 is 41.0 Å². The molecule has 2 amide bonds. The molecule has 2 aliphatic heterocycles. The topological polar surface area (TPSA) is 53.1 Å². The number of rotatable bonds is 5. The average molecular weight is 608 g/mol. The zero-order valence-electron chi connectivity index (χ0n) is 22.6. The van der Waals surface area contributed by atoms with Gasteiger partial charge in [0.15, 0.2) is 0 Å². The molecule has 226 valence electrons. The number of halogens is 7. The standard InChI is InChI=1S/C28H31F6N3O3.ClH/c1-18-3-4-20(11-19(18)2)12-24-16-35(17-25(38)36-7-9-40-10-8-36)5-6-37(24)26(39)21-13-22(27(29,30)31)15-23(14-21)28(32,33)34;/h3-4,11,13-15,24H,5-10,12,16-17H2,1-2H3;1H/t24-;/m1./s1. The number of benzene rings is 2. The van der Waals surface area contributed by atoms with Gasteiger partial charge in [0.25, 0.3) is 5.91 Å². The van der Waals surface area contributed by atoms with Crippen LogP contribution in [0.15, 0.2) is 36.4 Å². The van der Waals surface area contributed by atoms with Gasteiger partial charge in [-0.25, -0.2) is 0 Å². The Balaban J connectivity index is 0.00000462. The molecule has 6 nitrogen and oxygen atoms in total. The van der Waals surface area contributed by atoms with Gasteiger partial charge in [0, 0.05) is 44.3 Å². The molecule has 2 aliphatic rings. The second-order valence-electron chi connectivity index (χ2n) is 10.3. The van der Waals surface area contributed by atoms with Crippen LogP contribution in [0.5, 0.6) is 0 Å². The molecule has 0 N–H and O–H groups in total. The molecule has 2 fully saturated rings. The van der Waals surface area contributed by atoms with Crippen LogP contribution < -0.4 is 0 Å². The molecule has 2 heterocycles. The molecule has 2 saturated heterocycles. The van der Waals surface area contributed by atoms with Crippen LogP contribution in [-0.2, 0) is 28.3 Å². The Morgan fingerprint density at radius 1 is 0.854 bits per heavy atom. The van der Waals surface area contributed by atoms with Crippen molar-refractivity contribution in [2.45, 2.75) is 38.7 Å². The van der Waals surface area contributed by atoms with Gasteiger partial charge in [0.2, 0.25) is 5.91 Å². The predicted molar refractivity (Wildman–Crippen MR) is 142 cm³/mol. The fourth-order valence-electron chi connectivity index (χ4n) is 5.06. The Morgan fingerprint density at radius 3 is 2.02 bits per heavy atom. The smallest absolute Gasteiger partial charge is 0.378 e. The number of aryl methyl sites for hydroxylation is 2. The maximum absolute atomic E-state index is 13.5. The van der Waals surface area contributed by atoms with Crippen LogP contribution in [0, 0.1) is 13.8 Å². The van der Waals surface area contributed by atoms with Gasteiger partial charge >= 0.3 is 12.4 Å². The van der Waals surface area contributed by atoms with Gasteiger partial charge in [-0.2, -0.15) is 26.3 Å². The van der Waals surface area contributed by atoms with Crippen molar-refractivity contribution in [3.63, 3.8) is 0 Å². The van der Waals surface area contributed by atoms with Crippen molar-refractivity contribution in [1.82, 2.24) is 14.7 Å². The highest BCUT2D eigenvalue weighted by atomic mass is 35.5. The van der Waals surface area contributed by atoms with Gasteiger partial charge in [-0.05, 0) is 55.2 Å². The summed E-state index contributed by atoms with van der Waals surface area (Å²) in [6.07, 6.45) is -9.80. The van der Waals surface area contributed by atoms with Gasteiger partial charge in [-0.1, -0.05) is 18.2 Å². The van der Waals surface area contributed by atoms with E-state index in [1.54, 1.807) is 4.90 Å². The summed E-state index contributed by atoms with van der Waals surface area (Å²) >= 11 is 0. The van der Waals surface area contributed by atoms with E-state index in [-0.39, 0.29) is 50.6 Å². The van der Waals surface area contributed by atoms with Gasteiger partial charge < -0.3 is 14.5 Å². The molecular formula is C28H32ClF6N3O3. The minimum atomic E-state index is -5.06. The number of piperazine rings is 1. The van der Waals surface area contributed by atoms with Crippen LogP contribution in [-0.4, -0.2) is 85.0 Å². The Kier molecular flexibility index (Phi) is 10.4. The van der Waals surface area contributed by atoms with Gasteiger partial charge in [-0.3, -0.25) is 14.5 Å². The minimum Gasteiger partial charge on any atom is -0.378 e. The number of alkyl halides is 6. The van der Waals surface area contributed by atoms with E-state index >= 15 is 0 Å². The number of hydrogen-bond acceptors (Lipinski definition) is 4. The van der Waals surface area contributed by atoms with E-state index in [1.165, 1.54) is 4.90 Å². The maximum Gasteiger partial charge on any atom is 0.416 e. The van der Waals surface area contributed by atoms with E-state index in [2.05, 4.69) is 0 Å². The Labute approximate surface area is 240 Å². The number of hydrogen-bond donors (Lipinski definition) is 0. The third kappa shape index (κ3) is 8.14. The van der Waals surface area contributed by atoms with Crippen molar-refractivity contribution >= 4 is 24.2 Å². The second-order valence-corrected chi connectivity index (χ2v) is 10.3. The Bertz CT molecular complexity index is 1220. The molecule has 0 spiro atoms. The molecule has 0 radical (unpaired) electrons. The van der Waals surface area contributed by atoms with Crippen LogP contribution in [0.4, 0.5) is 26.3 Å². The normalized spacial score (nSPS) is 18.7. The zero-order chi connectivity index (χ0) is 29.2. The number of nitrogens with zero attached hydrogens (tertiary/aromatic N) is 3. The third-order valence-electron chi connectivity index (χ3n) is 7.43. The largest absolute Gasteiger partial charge is 0.416 e. The fraction of sp³-hybridized carbons (Fsp3) is 0.500. The van der Waals surface area contributed by atoms with Crippen LogP contribution >= 0.6 is 12.4 Å². The molecular weight excluding hydrogens is 576 g/mol. The lowest BCUT2D eigenvalue weighted by molar-refractivity contribution is -0.143. The van der Waals surface area contributed by atoms with Crippen LogP contribution in [0.3, 0.4) is 0 Å². The summed E-state index contributed by atoms with van der Waals surface area (Å²) in [7, 11) is 0. The number of ether oxygens (including phenoxy) is 1. The van der Waals surface area contributed by atoms with Crippen molar-refractivity contribution in [3.05, 3.63) is 69.8 Å². The van der Waals surface area contributed by atoms with Crippen molar-refractivity contribution in [2.75, 3.05) is 52.5 Å². The third-order valence-corrected chi connectivity index (χ3v) is 7.43. The summed E-state index contributed by atoms with van der Waals surface area (Å²) in [5, 5.41) is 0. The quantitative estimate of drug-likeness (QED) is 0.450. The Hall–Kier alpha value is -2.83. The summed E-state index contributed by atoms with van der Waals surface area (Å²) in [5.74, 6) is -1.01. The molecule has 0 aromatic heterocycles. The summed E-state index contributed by atoms with van der Waals surface area (Å²) in [6.45, 7) is 6.32. The van der Waals surface area contributed by atoms with E-state index in [4.69, 9.17) is 4.74 Å². The second kappa shape index (κ2) is 13.0. The molecule has 4 rings (SSSR count). The molecule has 1 atom stereocenters. The molecule has 13 heteroatoms. The van der Waals surface area contributed by atoms with Gasteiger partial charge in [0.1, 0.15) is 0 Å². The van der Waals surface area contributed by atoms with Crippen molar-refractivity contribution in [3.8, 4) is 0 Å². The fourth-order valence-corrected chi connectivity index (χ4v) is 5.06. The van der Waals surface area contributed by atoms with Crippen LogP contribution in [0.1, 0.15) is 38.2 Å². The first-order valence-electron chi connectivity index (χ1n) is 13.0. The monoisotopic (exact) mass is 607 g/mol. The molecule has 0 saturated carbocycles. The number of morpholine rings is 1. The Morgan fingerprint density at radius 2 is 1.46 bits per heavy atom. The highest BCUT2D eigenvalue weighted by Gasteiger charge is 2.39. The van der Waals surface area contributed by atoms with Crippen molar-refractivity contribution in [2.24, 2.45) is 0 Å². The molecule has 0 bridgehead atoms. The molecule has 2 aromatic rings. The van der Waals surface area contributed by atoms with Crippen LogP contribution in [0.25, 0.3) is 0 Å². The summed E-state index contributed by atoms with van der Waals surface area (Å²) in [4.78, 5) is 31.3. The molecule has 0 aliphatic carbocycles. The summed E-state index contributed by atoms with van der Waals surface area (Å²) < 4.78 is 86.0. The van der Waals surface area contributed by atoms with E-state index in [0.717, 1.165) is 16.7 Å². The minimum absolute atomic E-state index is 0. The zero-order valence-corrected chi connectivity index (χ0v) is 23.5. The lowest BCUT2D eigenvalue weighted by atomic mass is 9.97. The van der Waals surface area contributed by atoms with Gasteiger partial charge in [0.05, 0.1) is 30.9 Å². The van der Waals surface area contributed by atoms with E-state index in [1.807, 2.05) is 36.9 Å². The number of carbonyl (C=O) groups excluding carboxylic acids is 2. The van der Waals surface area contributed by atoms with Crippen LogP contribution in [0.2, 0.25) is 0 Å². The molecule has 41 heavy (non-hydrogen) atoms. The highest BCUT2D eigenvalue weighted by molar-refractivity contribution is 5.95. The average Bonchev–Trinajstić information content (AvgIpc) is 2.90. The van der Waals surface area contributed by atoms with E-state index in [0.29, 0.717) is 44.9 Å². The molecule has 2 aromatic carbocycles. The first-order valence-corrected chi connectivity index (χ1v) is 13.0.